The van der Waals surface area contributed by atoms with E-state index in [1.54, 1.807) is 6.07 Å². The smallest absolute Gasteiger partial charge is 0.338 e. The summed E-state index contributed by atoms with van der Waals surface area (Å²) in [4.78, 5) is 67.9. The molecule has 4 aliphatic rings. The van der Waals surface area contributed by atoms with Crippen molar-refractivity contribution in [2.24, 2.45) is 10.8 Å². The molecule has 17 nitrogen and oxygen atoms in total. The van der Waals surface area contributed by atoms with Crippen LogP contribution in [-0.2, 0) is 0 Å². The number of rotatable bonds is 19. The SMILES string of the molecule is NC(=NNCCN1CCCC1)c1c(NCCN2CCCC2)c(C(=O)O)c(C(=O)NNCCN2CCCC2)c2c3c(NCCN4CCCC4)cc(c(=O)[nH]c3=O)c12. The molecule has 4 aliphatic heterocycles. The summed E-state index contributed by atoms with van der Waals surface area (Å²) in [6, 6.07) is 1.61. The van der Waals surface area contributed by atoms with Crippen molar-refractivity contribution in [3.8, 4) is 0 Å². The molecule has 9 N–H and O–H groups in total. The first-order valence-electron chi connectivity index (χ1n) is 20.6. The lowest BCUT2D eigenvalue weighted by Gasteiger charge is -2.24. The minimum atomic E-state index is -1.39. The standard InChI is InChI=1S/C39H58N12O5/c40-35(46-43-11-23-50-17-5-6-18-50)32-28-26-25-27(41-9-21-48-13-1-2-14-48)29(37(53)45-36(26)52)30(28)31(38(54)47-44-12-24-51-19-7-8-20-51)33(39(55)56)34(32)42-10-22-49-15-3-4-16-49/h25,41-44H,1-24H2,(H2,40,46)(H,47,54)(H,55,56)(H,45,52,53). The van der Waals surface area contributed by atoms with E-state index in [0.29, 0.717) is 51.5 Å². The van der Waals surface area contributed by atoms with Crippen molar-refractivity contribution in [1.29, 1.82) is 0 Å². The third-order valence-corrected chi connectivity index (χ3v) is 11.7. The van der Waals surface area contributed by atoms with E-state index in [2.05, 4.69) is 56.6 Å². The summed E-state index contributed by atoms with van der Waals surface area (Å²) in [5.74, 6) is -2.20. The van der Waals surface area contributed by atoms with Crippen LogP contribution < -0.4 is 43.8 Å². The lowest BCUT2D eigenvalue weighted by atomic mass is 9.87. The number of carbonyl (C=O) groups excluding carboxylic acids is 1. The van der Waals surface area contributed by atoms with Crippen LogP contribution in [0.25, 0.3) is 21.5 Å². The van der Waals surface area contributed by atoms with Crippen molar-refractivity contribution < 1.29 is 14.7 Å². The van der Waals surface area contributed by atoms with Crippen molar-refractivity contribution >= 4 is 50.6 Å². The first-order chi connectivity index (χ1) is 27.3. The fraction of sp³-hybridized carbons (Fsp3) is 0.615. The Balaban J connectivity index is 1.37. The molecule has 2 bridgehead atoms. The van der Waals surface area contributed by atoms with Crippen molar-refractivity contribution in [3.63, 3.8) is 0 Å². The molecule has 4 fully saturated rings. The summed E-state index contributed by atoms with van der Waals surface area (Å²) in [5.41, 5.74) is 14.2. The maximum Gasteiger partial charge on any atom is 0.338 e. The third-order valence-electron chi connectivity index (χ3n) is 11.7. The highest BCUT2D eigenvalue weighted by Gasteiger charge is 2.33. The number of fused-ring (bicyclic) bond motifs is 3. The Morgan fingerprint density at radius 1 is 0.661 bits per heavy atom. The van der Waals surface area contributed by atoms with Gasteiger partial charge in [-0.2, -0.15) is 5.10 Å². The van der Waals surface area contributed by atoms with E-state index >= 15 is 0 Å². The number of carbonyl (C=O) groups is 2. The van der Waals surface area contributed by atoms with Gasteiger partial charge in [-0.05, 0) is 110 Å². The molecule has 0 saturated carbocycles. The molecule has 2 aromatic heterocycles. The van der Waals surface area contributed by atoms with Gasteiger partial charge in [0, 0.05) is 68.8 Å². The molecule has 56 heavy (non-hydrogen) atoms. The summed E-state index contributed by atoms with van der Waals surface area (Å²) in [6.07, 6.45) is 8.97. The minimum absolute atomic E-state index is 0.000369. The average molecular weight is 775 g/mol. The summed E-state index contributed by atoms with van der Waals surface area (Å²) in [7, 11) is 0. The van der Waals surface area contributed by atoms with Gasteiger partial charge in [0.2, 0.25) is 0 Å². The summed E-state index contributed by atoms with van der Waals surface area (Å²) < 4.78 is 0. The van der Waals surface area contributed by atoms with E-state index in [-0.39, 0.29) is 49.8 Å². The number of aromatic amines is 1. The number of anilines is 2. The molecule has 4 aromatic rings. The molecular weight excluding hydrogens is 717 g/mol. The number of hydrazine groups is 1. The van der Waals surface area contributed by atoms with Gasteiger partial charge in [-0.15, -0.1) is 0 Å². The van der Waals surface area contributed by atoms with Gasteiger partial charge in [-0.25, -0.2) is 10.2 Å². The van der Waals surface area contributed by atoms with Gasteiger partial charge in [0.15, 0.2) is 5.84 Å². The Morgan fingerprint density at radius 2 is 1.18 bits per heavy atom. The minimum Gasteiger partial charge on any atom is -0.478 e. The van der Waals surface area contributed by atoms with Crippen LogP contribution in [0, 0.1) is 0 Å². The van der Waals surface area contributed by atoms with Crippen LogP contribution in [0.4, 0.5) is 11.4 Å². The maximum absolute atomic E-state index is 14.5. The number of hydrazone groups is 1. The van der Waals surface area contributed by atoms with E-state index in [1.807, 2.05) is 0 Å². The number of nitrogens with two attached hydrogens (primary N) is 1. The zero-order chi connectivity index (χ0) is 39.0. The number of amidine groups is 1. The Hall–Kier alpha value is -4.55. The topological polar surface area (TPSA) is 216 Å². The van der Waals surface area contributed by atoms with Crippen molar-refractivity contribution in [3.05, 3.63) is 43.5 Å². The number of carboxylic acid groups (broad SMARTS) is 1. The van der Waals surface area contributed by atoms with E-state index < -0.39 is 23.0 Å². The lowest BCUT2D eigenvalue weighted by molar-refractivity contribution is 0.0691. The molecule has 0 radical (unpaired) electrons. The summed E-state index contributed by atoms with van der Waals surface area (Å²) >= 11 is 0. The van der Waals surface area contributed by atoms with Gasteiger partial charge in [0.05, 0.1) is 33.2 Å². The molecule has 0 atom stereocenters. The number of likely N-dealkylation sites (tertiary alicyclic amines) is 4. The predicted molar refractivity (Wildman–Crippen MR) is 220 cm³/mol. The first kappa shape index (κ1) is 39.7. The Bertz CT molecular complexity index is 2000. The van der Waals surface area contributed by atoms with Crippen LogP contribution in [-0.4, -0.2) is 152 Å². The second kappa shape index (κ2) is 18.6. The van der Waals surface area contributed by atoms with E-state index in [0.717, 1.165) is 110 Å². The number of aromatic nitrogens is 1. The molecule has 6 heterocycles. The second-order valence-corrected chi connectivity index (χ2v) is 15.5. The highest BCUT2D eigenvalue weighted by molar-refractivity contribution is 6.32. The quantitative estimate of drug-likeness (QED) is 0.0367. The molecular formula is C39H58N12O5. The van der Waals surface area contributed by atoms with Crippen LogP contribution in [0.2, 0.25) is 0 Å². The fourth-order valence-electron chi connectivity index (χ4n) is 8.89. The Morgan fingerprint density at radius 3 is 1.73 bits per heavy atom. The van der Waals surface area contributed by atoms with E-state index in [4.69, 9.17) is 5.73 Å². The van der Waals surface area contributed by atoms with Crippen molar-refractivity contribution in [1.82, 2.24) is 40.9 Å². The molecule has 0 unspecified atom stereocenters. The maximum atomic E-state index is 14.5. The molecule has 4 saturated heterocycles. The Labute approximate surface area is 326 Å². The molecule has 1 amide bonds. The van der Waals surface area contributed by atoms with E-state index in [9.17, 15) is 24.3 Å². The van der Waals surface area contributed by atoms with Crippen molar-refractivity contribution in [2.75, 3.05) is 115 Å². The normalized spacial score (nSPS) is 18.8. The molecule has 17 heteroatoms. The average Bonchev–Trinajstić information content (AvgIpc) is 4.03. The molecule has 2 aromatic carbocycles. The zero-order valence-electron chi connectivity index (χ0n) is 32.4. The van der Waals surface area contributed by atoms with Gasteiger partial charge in [0.25, 0.3) is 17.0 Å². The lowest BCUT2D eigenvalue weighted by Crippen LogP contribution is -2.42. The van der Waals surface area contributed by atoms with Gasteiger partial charge >= 0.3 is 5.97 Å². The van der Waals surface area contributed by atoms with Gasteiger partial charge in [-0.3, -0.25) is 24.8 Å². The fourth-order valence-corrected chi connectivity index (χ4v) is 8.89. The zero-order valence-corrected chi connectivity index (χ0v) is 32.4. The van der Waals surface area contributed by atoms with Crippen LogP contribution in [0.15, 0.2) is 20.8 Å². The second-order valence-electron chi connectivity index (χ2n) is 15.5. The number of carboxylic acids is 1. The number of amides is 1. The van der Waals surface area contributed by atoms with Crippen LogP contribution in [0.3, 0.4) is 0 Å². The number of benzene rings is 2. The predicted octanol–water partition coefficient (Wildman–Crippen LogP) is 0.829. The van der Waals surface area contributed by atoms with Crippen LogP contribution >= 0.6 is 0 Å². The number of nitrogens with zero attached hydrogens (tertiary/aromatic N) is 5. The number of hydrogen-bond donors (Lipinski definition) is 8. The van der Waals surface area contributed by atoms with Gasteiger partial charge in [-0.1, -0.05) is 0 Å². The van der Waals surface area contributed by atoms with E-state index in [1.165, 1.54) is 0 Å². The van der Waals surface area contributed by atoms with Gasteiger partial charge < -0.3 is 46.5 Å². The molecule has 8 rings (SSSR count). The molecule has 304 valence electrons. The number of H-pyrrole nitrogens is 1. The first-order valence-corrected chi connectivity index (χ1v) is 20.6. The monoisotopic (exact) mass is 774 g/mol. The number of aromatic carboxylic acids is 1. The highest BCUT2D eigenvalue weighted by Crippen LogP contribution is 2.41. The number of nitrogens with one attached hydrogen (secondary N) is 6. The highest BCUT2D eigenvalue weighted by atomic mass is 16.4. The summed E-state index contributed by atoms with van der Waals surface area (Å²) in [5, 5.41) is 22.6. The largest absolute Gasteiger partial charge is 0.478 e. The summed E-state index contributed by atoms with van der Waals surface area (Å²) in [6.45, 7) is 12.3. The van der Waals surface area contributed by atoms with Crippen LogP contribution in [0.1, 0.15) is 77.6 Å². The molecule has 0 spiro atoms. The van der Waals surface area contributed by atoms with Gasteiger partial charge in [0.1, 0.15) is 0 Å². The Kier molecular flexibility index (Phi) is 13.2. The molecule has 0 aliphatic carbocycles. The van der Waals surface area contributed by atoms with Crippen LogP contribution in [0.5, 0.6) is 0 Å². The third kappa shape index (κ3) is 9.02. The van der Waals surface area contributed by atoms with Crippen molar-refractivity contribution in [2.45, 2.75) is 51.4 Å². The number of hydrogen-bond acceptors (Lipinski definition) is 13.